The number of rotatable bonds is 5. The van der Waals surface area contributed by atoms with Crippen LogP contribution < -0.4 is 4.72 Å². The summed E-state index contributed by atoms with van der Waals surface area (Å²) in [6.45, 7) is 3.36. The molecule has 0 saturated heterocycles. The van der Waals surface area contributed by atoms with Crippen molar-refractivity contribution in [2.75, 3.05) is 4.72 Å². The fourth-order valence-electron chi connectivity index (χ4n) is 2.08. The fourth-order valence-corrected chi connectivity index (χ4v) is 3.34. The molecular weight excluding hydrogens is 382 g/mol. The maximum absolute atomic E-state index is 12.6. The number of benzene rings is 1. The van der Waals surface area contributed by atoms with Gasteiger partial charge < -0.3 is 4.74 Å². The second kappa shape index (κ2) is 6.89. The highest BCUT2D eigenvalue weighted by atomic mass is 35.5. The number of fused-ring (bicyclic) bond motifs is 1. The van der Waals surface area contributed by atoms with Crippen LogP contribution in [-0.2, 0) is 14.8 Å². The van der Waals surface area contributed by atoms with Crippen LogP contribution >= 0.6 is 11.6 Å². The number of aromatic nitrogens is 4. The van der Waals surface area contributed by atoms with Gasteiger partial charge in [-0.15, -0.1) is 5.10 Å². The number of sulfonamides is 1. The molecule has 0 aliphatic heterocycles. The van der Waals surface area contributed by atoms with Crippen LogP contribution in [0.15, 0.2) is 41.8 Å². The summed E-state index contributed by atoms with van der Waals surface area (Å²) in [5.74, 6) is -0.587. The molecule has 0 amide bonds. The average Bonchev–Trinajstić information content (AvgIpc) is 3.01. The summed E-state index contributed by atoms with van der Waals surface area (Å²) in [6.07, 6.45) is 2.59. The van der Waals surface area contributed by atoms with Gasteiger partial charge in [0.2, 0.25) is 0 Å². The summed E-state index contributed by atoms with van der Waals surface area (Å²) in [4.78, 5) is 20.0. The van der Waals surface area contributed by atoms with Gasteiger partial charge in [-0.2, -0.15) is 13.4 Å². The summed E-state index contributed by atoms with van der Waals surface area (Å²) >= 11 is 6.09. The second-order valence-electron chi connectivity index (χ2n) is 5.48. The van der Waals surface area contributed by atoms with Crippen LogP contribution in [0.2, 0.25) is 5.02 Å². The lowest BCUT2D eigenvalue weighted by Crippen LogP contribution is -2.19. The zero-order chi connectivity index (χ0) is 18.9. The van der Waals surface area contributed by atoms with E-state index in [4.69, 9.17) is 16.3 Å². The Bertz CT molecular complexity index is 1050. The van der Waals surface area contributed by atoms with E-state index in [1.165, 1.54) is 35.1 Å². The molecule has 0 spiro atoms. The lowest BCUT2D eigenvalue weighted by Gasteiger charge is -2.13. The summed E-state index contributed by atoms with van der Waals surface area (Å²) in [5, 5.41) is 3.40. The molecule has 11 heteroatoms. The third kappa shape index (κ3) is 3.60. The maximum atomic E-state index is 12.6. The molecule has 2 aromatic heterocycles. The molecule has 2 heterocycles. The summed E-state index contributed by atoms with van der Waals surface area (Å²) in [7, 11) is -4.21. The van der Waals surface area contributed by atoms with Crippen molar-refractivity contribution >= 4 is 39.1 Å². The monoisotopic (exact) mass is 395 g/mol. The molecule has 136 valence electrons. The Morgan fingerprint density at radius 3 is 2.77 bits per heavy atom. The van der Waals surface area contributed by atoms with Crippen LogP contribution in [0.5, 0.6) is 0 Å². The van der Waals surface area contributed by atoms with Gasteiger partial charge in [0.1, 0.15) is 0 Å². The second-order valence-corrected chi connectivity index (χ2v) is 7.46. The Morgan fingerprint density at radius 2 is 2.08 bits per heavy atom. The third-order valence-electron chi connectivity index (χ3n) is 3.15. The molecule has 0 unspecified atom stereocenters. The first-order valence-electron chi connectivity index (χ1n) is 7.47. The van der Waals surface area contributed by atoms with Gasteiger partial charge in [0, 0.05) is 12.4 Å². The van der Waals surface area contributed by atoms with Gasteiger partial charge >= 0.3 is 5.97 Å². The molecule has 1 aromatic carbocycles. The van der Waals surface area contributed by atoms with Gasteiger partial charge in [-0.05, 0) is 32.0 Å². The zero-order valence-electron chi connectivity index (χ0n) is 13.7. The highest BCUT2D eigenvalue weighted by molar-refractivity contribution is 7.92. The van der Waals surface area contributed by atoms with E-state index in [0.29, 0.717) is 0 Å². The molecule has 0 aliphatic rings. The number of hydrogen-bond acceptors (Lipinski definition) is 7. The molecule has 0 fully saturated rings. The minimum absolute atomic E-state index is 0.0170. The van der Waals surface area contributed by atoms with E-state index in [9.17, 15) is 13.2 Å². The topological polar surface area (TPSA) is 116 Å². The minimum atomic E-state index is -4.21. The van der Waals surface area contributed by atoms with Gasteiger partial charge in [0.25, 0.3) is 21.0 Å². The number of para-hydroxylation sites is 1. The molecule has 0 atom stereocenters. The molecule has 0 saturated carbocycles. The minimum Gasteiger partial charge on any atom is -0.459 e. The number of carbonyl (C=O) groups is 1. The van der Waals surface area contributed by atoms with Crippen molar-refractivity contribution in [2.24, 2.45) is 0 Å². The molecule has 26 heavy (non-hydrogen) atoms. The zero-order valence-corrected chi connectivity index (χ0v) is 15.3. The molecule has 3 rings (SSSR count). The van der Waals surface area contributed by atoms with Crippen molar-refractivity contribution < 1.29 is 17.9 Å². The Kier molecular flexibility index (Phi) is 4.79. The van der Waals surface area contributed by atoms with Crippen LogP contribution in [0, 0.1) is 0 Å². The smallest absolute Gasteiger partial charge is 0.340 e. The van der Waals surface area contributed by atoms with E-state index in [1.54, 1.807) is 19.9 Å². The van der Waals surface area contributed by atoms with E-state index in [-0.39, 0.29) is 28.2 Å². The molecule has 0 radical (unpaired) electrons. The van der Waals surface area contributed by atoms with Crippen LogP contribution in [0.1, 0.15) is 24.2 Å². The normalized spacial score (nSPS) is 11.7. The van der Waals surface area contributed by atoms with E-state index in [1.807, 2.05) is 0 Å². The first-order chi connectivity index (χ1) is 12.3. The largest absolute Gasteiger partial charge is 0.459 e. The molecular formula is C15H14ClN5O4S. The number of nitrogens with one attached hydrogen (secondary N) is 1. The van der Waals surface area contributed by atoms with Crippen LogP contribution in [0.25, 0.3) is 5.78 Å². The Hall–Kier alpha value is -2.72. The molecule has 3 aromatic rings. The highest BCUT2D eigenvalue weighted by Crippen LogP contribution is 2.29. The quantitative estimate of drug-likeness (QED) is 0.658. The van der Waals surface area contributed by atoms with E-state index < -0.39 is 21.1 Å². The maximum Gasteiger partial charge on any atom is 0.340 e. The van der Waals surface area contributed by atoms with Crippen LogP contribution in [0.4, 0.5) is 5.69 Å². The number of anilines is 1. The fraction of sp³-hybridized carbons (Fsp3) is 0.200. The van der Waals surface area contributed by atoms with Crippen LogP contribution in [-0.4, -0.2) is 40.1 Å². The molecule has 0 bridgehead atoms. The Morgan fingerprint density at radius 1 is 1.31 bits per heavy atom. The number of nitrogens with zero attached hydrogens (tertiary/aromatic N) is 4. The first-order valence-corrected chi connectivity index (χ1v) is 9.34. The summed E-state index contributed by atoms with van der Waals surface area (Å²) in [5.41, 5.74) is -0.122. The Labute approximate surface area is 154 Å². The molecule has 1 N–H and O–H groups in total. The first kappa shape index (κ1) is 18.1. The van der Waals surface area contributed by atoms with Gasteiger partial charge in [-0.25, -0.2) is 14.3 Å². The highest BCUT2D eigenvalue weighted by Gasteiger charge is 2.25. The van der Waals surface area contributed by atoms with Gasteiger partial charge in [0.05, 0.1) is 22.4 Å². The van der Waals surface area contributed by atoms with Gasteiger partial charge in [-0.1, -0.05) is 17.7 Å². The number of hydrogen-bond donors (Lipinski definition) is 1. The number of carbonyl (C=O) groups excluding carboxylic acids is 1. The van der Waals surface area contributed by atoms with Crippen LogP contribution in [0.3, 0.4) is 0 Å². The summed E-state index contributed by atoms with van der Waals surface area (Å²) in [6, 6.07) is 5.96. The van der Waals surface area contributed by atoms with E-state index in [2.05, 4.69) is 19.8 Å². The number of esters is 1. The van der Waals surface area contributed by atoms with Crippen molar-refractivity contribution in [1.29, 1.82) is 0 Å². The van der Waals surface area contributed by atoms with Crippen molar-refractivity contribution in [3.63, 3.8) is 0 Å². The van der Waals surface area contributed by atoms with Crippen molar-refractivity contribution in [3.05, 3.63) is 47.2 Å². The van der Waals surface area contributed by atoms with Crippen molar-refractivity contribution in [1.82, 2.24) is 19.6 Å². The van der Waals surface area contributed by atoms with Gasteiger partial charge in [-0.3, -0.25) is 4.72 Å². The third-order valence-corrected chi connectivity index (χ3v) is 4.59. The SMILES string of the molecule is CC(C)OC(=O)c1cccc(Cl)c1NS(=O)(=O)c1nc2ncccn2n1. The summed E-state index contributed by atoms with van der Waals surface area (Å²) < 4.78 is 33.9. The lowest BCUT2D eigenvalue weighted by molar-refractivity contribution is 0.0379. The predicted octanol–water partition coefficient (Wildman–Crippen LogP) is 2.14. The van der Waals surface area contributed by atoms with Crippen molar-refractivity contribution in [3.8, 4) is 0 Å². The van der Waals surface area contributed by atoms with E-state index in [0.717, 1.165) is 0 Å². The molecule has 0 aliphatic carbocycles. The van der Waals surface area contributed by atoms with E-state index >= 15 is 0 Å². The lowest BCUT2D eigenvalue weighted by atomic mass is 10.2. The van der Waals surface area contributed by atoms with Crippen molar-refractivity contribution in [2.45, 2.75) is 25.1 Å². The number of halogens is 1. The standard InChI is InChI=1S/C15H14ClN5O4S/c1-9(2)25-13(22)10-5-3-6-11(16)12(10)20-26(23,24)15-18-14-17-7-4-8-21(14)19-15/h3-9,20H,1-2H3. The predicted molar refractivity (Wildman–Crippen MR) is 93.6 cm³/mol. The molecule has 9 nitrogen and oxygen atoms in total. The number of ether oxygens (including phenoxy) is 1. The Balaban J connectivity index is 2.00. The average molecular weight is 396 g/mol. The van der Waals surface area contributed by atoms with Gasteiger partial charge in [0.15, 0.2) is 0 Å².